The predicted molar refractivity (Wildman–Crippen MR) is 66.1 cm³/mol. The van der Waals surface area contributed by atoms with E-state index in [-0.39, 0.29) is 17.8 Å². The fraction of sp³-hybridized carbons (Fsp3) is 0.643. The van der Waals surface area contributed by atoms with Crippen LogP contribution in [0.2, 0.25) is 0 Å². The van der Waals surface area contributed by atoms with Crippen molar-refractivity contribution in [3.63, 3.8) is 0 Å². The Balaban J connectivity index is 2.14. The molecule has 0 aromatic carbocycles. The Morgan fingerprint density at radius 2 is 2.16 bits per heavy atom. The third-order valence-electron chi connectivity index (χ3n) is 3.44. The number of hydrogen-bond donors (Lipinski definition) is 0. The second kappa shape index (κ2) is 5.55. The minimum Gasteiger partial charge on any atom is -0.462 e. The minimum absolute atomic E-state index is 0.113. The van der Waals surface area contributed by atoms with Crippen molar-refractivity contribution in [3.05, 3.63) is 12.2 Å². The van der Waals surface area contributed by atoms with Gasteiger partial charge in [-0.25, -0.2) is 4.79 Å². The SMILES string of the molecule is CC(C)OC(=O)C1C(=O)CCC[C@@H]1[C@H]1C=CC(=O)O1. The summed E-state index contributed by atoms with van der Waals surface area (Å²) in [6.45, 7) is 3.49. The van der Waals surface area contributed by atoms with Gasteiger partial charge in [0.25, 0.3) is 0 Å². The molecule has 104 valence electrons. The van der Waals surface area contributed by atoms with Gasteiger partial charge in [-0.15, -0.1) is 0 Å². The fourth-order valence-electron chi connectivity index (χ4n) is 2.65. The van der Waals surface area contributed by atoms with Crippen LogP contribution in [-0.4, -0.2) is 29.9 Å². The lowest BCUT2D eigenvalue weighted by atomic mass is 9.75. The van der Waals surface area contributed by atoms with Crippen LogP contribution in [0.4, 0.5) is 0 Å². The highest BCUT2D eigenvalue weighted by atomic mass is 16.6. The lowest BCUT2D eigenvalue weighted by molar-refractivity contribution is -0.163. The van der Waals surface area contributed by atoms with Gasteiger partial charge in [-0.05, 0) is 32.8 Å². The third kappa shape index (κ3) is 3.03. The first-order chi connectivity index (χ1) is 8.99. The van der Waals surface area contributed by atoms with E-state index in [9.17, 15) is 14.4 Å². The summed E-state index contributed by atoms with van der Waals surface area (Å²) in [5.74, 6) is -2.13. The van der Waals surface area contributed by atoms with Crippen LogP contribution in [0.1, 0.15) is 33.1 Å². The Morgan fingerprint density at radius 3 is 2.74 bits per heavy atom. The average molecular weight is 266 g/mol. The van der Waals surface area contributed by atoms with E-state index in [0.717, 1.165) is 6.42 Å². The fourth-order valence-corrected chi connectivity index (χ4v) is 2.65. The standard InChI is InChI=1S/C14H18O5/c1-8(2)18-14(17)13-9(4-3-5-10(13)15)11-6-7-12(16)19-11/h6-9,11,13H,3-5H2,1-2H3/t9-,11-,13?/m1/s1. The van der Waals surface area contributed by atoms with Crippen molar-refractivity contribution in [2.45, 2.75) is 45.3 Å². The molecule has 1 fully saturated rings. The van der Waals surface area contributed by atoms with Gasteiger partial charge in [0.1, 0.15) is 17.8 Å². The number of Topliss-reactive ketones (excluding diaryl/α,β-unsaturated/α-hetero) is 1. The molecule has 0 aromatic rings. The van der Waals surface area contributed by atoms with Crippen LogP contribution in [0.25, 0.3) is 0 Å². The van der Waals surface area contributed by atoms with Gasteiger partial charge in [-0.1, -0.05) is 0 Å². The molecule has 19 heavy (non-hydrogen) atoms. The molecular formula is C14H18O5. The largest absolute Gasteiger partial charge is 0.462 e. The Morgan fingerprint density at radius 1 is 1.42 bits per heavy atom. The van der Waals surface area contributed by atoms with E-state index in [1.165, 1.54) is 6.08 Å². The Bertz CT molecular complexity index is 424. The molecule has 0 spiro atoms. The van der Waals surface area contributed by atoms with E-state index in [0.29, 0.717) is 12.8 Å². The maximum absolute atomic E-state index is 12.1. The van der Waals surface area contributed by atoms with Crippen LogP contribution < -0.4 is 0 Å². The number of ether oxygens (including phenoxy) is 2. The van der Waals surface area contributed by atoms with Gasteiger partial charge >= 0.3 is 11.9 Å². The zero-order chi connectivity index (χ0) is 14.0. The summed E-state index contributed by atoms with van der Waals surface area (Å²) in [6.07, 6.45) is 4.02. The van der Waals surface area contributed by atoms with E-state index >= 15 is 0 Å². The second-order valence-corrected chi connectivity index (χ2v) is 5.25. The van der Waals surface area contributed by atoms with E-state index < -0.39 is 24.0 Å². The first-order valence-corrected chi connectivity index (χ1v) is 6.61. The van der Waals surface area contributed by atoms with E-state index in [1.54, 1.807) is 19.9 Å². The quantitative estimate of drug-likeness (QED) is 0.570. The van der Waals surface area contributed by atoms with Crippen LogP contribution in [-0.2, 0) is 23.9 Å². The average Bonchev–Trinajstić information content (AvgIpc) is 2.74. The van der Waals surface area contributed by atoms with Crippen LogP contribution in [0.3, 0.4) is 0 Å². The van der Waals surface area contributed by atoms with Gasteiger partial charge in [0, 0.05) is 18.4 Å². The lowest BCUT2D eigenvalue weighted by Gasteiger charge is -2.31. The summed E-state index contributed by atoms with van der Waals surface area (Å²) in [6, 6.07) is 0. The number of rotatable bonds is 3. The van der Waals surface area contributed by atoms with Crippen molar-refractivity contribution in [3.8, 4) is 0 Å². The molecule has 0 bridgehead atoms. The molecule has 2 rings (SSSR count). The van der Waals surface area contributed by atoms with Crippen LogP contribution in [0.15, 0.2) is 12.2 Å². The lowest BCUT2D eigenvalue weighted by Crippen LogP contribution is -2.42. The first kappa shape index (κ1) is 13.8. The molecule has 5 heteroatoms. The molecule has 0 N–H and O–H groups in total. The molecule has 1 saturated carbocycles. The van der Waals surface area contributed by atoms with Crippen LogP contribution in [0.5, 0.6) is 0 Å². The number of carbonyl (C=O) groups is 3. The van der Waals surface area contributed by atoms with Gasteiger partial charge in [-0.3, -0.25) is 9.59 Å². The van der Waals surface area contributed by atoms with Gasteiger partial charge in [-0.2, -0.15) is 0 Å². The molecule has 1 heterocycles. The molecule has 5 nitrogen and oxygen atoms in total. The van der Waals surface area contributed by atoms with E-state index in [4.69, 9.17) is 9.47 Å². The molecule has 0 amide bonds. The highest BCUT2D eigenvalue weighted by molar-refractivity contribution is 6.00. The van der Waals surface area contributed by atoms with Gasteiger partial charge in [0.05, 0.1) is 6.10 Å². The van der Waals surface area contributed by atoms with Crippen molar-refractivity contribution < 1.29 is 23.9 Å². The summed E-state index contributed by atoms with van der Waals surface area (Å²) < 4.78 is 10.3. The Hall–Kier alpha value is -1.65. The highest BCUT2D eigenvalue weighted by Gasteiger charge is 2.44. The molecule has 1 aliphatic carbocycles. The van der Waals surface area contributed by atoms with Crippen molar-refractivity contribution in [2.24, 2.45) is 11.8 Å². The van der Waals surface area contributed by atoms with Crippen molar-refractivity contribution in [1.82, 2.24) is 0 Å². The topological polar surface area (TPSA) is 69.7 Å². The van der Waals surface area contributed by atoms with Crippen molar-refractivity contribution in [1.29, 1.82) is 0 Å². The van der Waals surface area contributed by atoms with Crippen LogP contribution in [0, 0.1) is 11.8 Å². The zero-order valence-corrected chi connectivity index (χ0v) is 11.1. The maximum atomic E-state index is 12.1. The van der Waals surface area contributed by atoms with Crippen molar-refractivity contribution >= 4 is 17.7 Å². The summed E-state index contributed by atoms with van der Waals surface area (Å²) >= 11 is 0. The number of carbonyl (C=O) groups excluding carboxylic acids is 3. The summed E-state index contributed by atoms with van der Waals surface area (Å²) in [5.41, 5.74) is 0. The third-order valence-corrected chi connectivity index (χ3v) is 3.44. The zero-order valence-electron chi connectivity index (χ0n) is 11.1. The normalized spacial score (nSPS) is 30.6. The summed E-state index contributed by atoms with van der Waals surface area (Å²) in [4.78, 5) is 35.2. The molecule has 0 aromatic heterocycles. The molecule has 0 radical (unpaired) electrons. The van der Waals surface area contributed by atoms with E-state index in [1.807, 2.05) is 0 Å². The monoisotopic (exact) mass is 266 g/mol. The molecule has 2 aliphatic rings. The predicted octanol–water partition coefficient (Wildman–Crippen LogP) is 1.41. The summed E-state index contributed by atoms with van der Waals surface area (Å²) in [5, 5.41) is 0. The maximum Gasteiger partial charge on any atom is 0.331 e. The van der Waals surface area contributed by atoms with Gasteiger partial charge < -0.3 is 9.47 Å². The first-order valence-electron chi connectivity index (χ1n) is 6.61. The Kier molecular flexibility index (Phi) is 4.02. The number of esters is 2. The molecular weight excluding hydrogens is 248 g/mol. The molecule has 0 saturated heterocycles. The van der Waals surface area contributed by atoms with Gasteiger partial charge in [0.15, 0.2) is 0 Å². The van der Waals surface area contributed by atoms with Crippen LogP contribution >= 0.6 is 0 Å². The van der Waals surface area contributed by atoms with Gasteiger partial charge in [0.2, 0.25) is 0 Å². The molecule has 1 aliphatic heterocycles. The summed E-state index contributed by atoms with van der Waals surface area (Å²) in [7, 11) is 0. The number of ketones is 1. The second-order valence-electron chi connectivity index (χ2n) is 5.25. The molecule has 1 unspecified atom stereocenters. The van der Waals surface area contributed by atoms with Crippen molar-refractivity contribution in [2.75, 3.05) is 0 Å². The van der Waals surface area contributed by atoms with E-state index in [2.05, 4.69) is 0 Å². The minimum atomic E-state index is -0.809. The molecule has 3 atom stereocenters. The smallest absolute Gasteiger partial charge is 0.331 e. The highest BCUT2D eigenvalue weighted by Crippen LogP contribution is 2.34. The number of hydrogen-bond acceptors (Lipinski definition) is 5. The Labute approximate surface area is 111 Å². The number of cyclic esters (lactones) is 1.